The van der Waals surface area contributed by atoms with Crippen LogP contribution in [0, 0.1) is 0 Å². The number of carbonyl (C=O) groups is 1. The molecule has 3 N–H and O–H groups in total. The molecule has 1 aliphatic carbocycles. The van der Waals surface area contributed by atoms with Crippen LogP contribution in [0.3, 0.4) is 0 Å². The SMILES string of the molecule is CO[C@@H]1C[C@@H](NC(=O)OCc2ccccc2)CC[C@@H]1N. The van der Waals surface area contributed by atoms with Crippen LogP contribution in [0.15, 0.2) is 30.3 Å². The molecule has 5 heteroatoms. The maximum atomic E-state index is 11.8. The summed E-state index contributed by atoms with van der Waals surface area (Å²) in [6.45, 7) is 0.284. The molecule has 110 valence electrons. The molecule has 0 bridgehead atoms. The topological polar surface area (TPSA) is 73.6 Å². The van der Waals surface area contributed by atoms with Crippen molar-refractivity contribution in [2.24, 2.45) is 5.73 Å². The molecule has 0 radical (unpaired) electrons. The Morgan fingerprint density at radius 2 is 2.10 bits per heavy atom. The molecule has 1 saturated carbocycles. The molecule has 5 nitrogen and oxygen atoms in total. The standard InChI is InChI=1S/C15H22N2O3/c1-19-14-9-12(7-8-13(14)16)17-15(18)20-10-11-5-3-2-4-6-11/h2-6,12-14H,7-10,16H2,1H3,(H,17,18)/t12-,13-,14+/m0/s1. The van der Waals surface area contributed by atoms with Crippen molar-refractivity contribution < 1.29 is 14.3 Å². The van der Waals surface area contributed by atoms with E-state index in [1.54, 1.807) is 7.11 Å². The van der Waals surface area contributed by atoms with Crippen LogP contribution >= 0.6 is 0 Å². The van der Waals surface area contributed by atoms with Gasteiger partial charge in [-0.15, -0.1) is 0 Å². The smallest absolute Gasteiger partial charge is 0.407 e. The van der Waals surface area contributed by atoms with Gasteiger partial charge in [-0.3, -0.25) is 0 Å². The third-order valence-corrected chi connectivity index (χ3v) is 3.68. The summed E-state index contributed by atoms with van der Waals surface area (Å²) in [5, 5.41) is 2.88. The fraction of sp³-hybridized carbons (Fsp3) is 0.533. The van der Waals surface area contributed by atoms with Crippen molar-refractivity contribution in [1.29, 1.82) is 0 Å². The summed E-state index contributed by atoms with van der Waals surface area (Å²) in [7, 11) is 1.65. The summed E-state index contributed by atoms with van der Waals surface area (Å²) in [6, 6.07) is 9.74. The summed E-state index contributed by atoms with van der Waals surface area (Å²) in [5.74, 6) is 0. The summed E-state index contributed by atoms with van der Waals surface area (Å²) in [5.41, 5.74) is 6.92. The molecule has 0 aliphatic heterocycles. The molecule has 1 fully saturated rings. The van der Waals surface area contributed by atoms with Crippen LogP contribution in [-0.4, -0.2) is 31.4 Å². The Hall–Kier alpha value is -1.59. The molecule has 1 aromatic carbocycles. The molecule has 0 spiro atoms. The number of hydrogen-bond donors (Lipinski definition) is 2. The average Bonchev–Trinajstić information content (AvgIpc) is 2.48. The Morgan fingerprint density at radius 3 is 2.80 bits per heavy atom. The van der Waals surface area contributed by atoms with Crippen LogP contribution in [0.5, 0.6) is 0 Å². The fourth-order valence-electron chi connectivity index (χ4n) is 2.49. The van der Waals surface area contributed by atoms with E-state index < -0.39 is 0 Å². The molecule has 1 amide bonds. The van der Waals surface area contributed by atoms with Gasteiger partial charge in [-0.1, -0.05) is 30.3 Å². The van der Waals surface area contributed by atoms with Crippen molar-refractivity contribution in [2.75, 3.05) is 7.11 Å². The highest BCUT2D eigenvalue weighted by Gasteiger charge is 2.29. The number of benzene rings is 1. The van der Waals surface area contributed by atoms with Crippen LogP contribution < -0.4 is 11.1 Å². The molecule has 0 unspecified atom stereocenters. The zero-order chi connectivity index (χ0) is 14.4. The van der Waals surface area contributed by atoms with Crippen molar-refractivity contribution in [1.82, 2.24) is 5.32 Å². The minimum atomic E-state index is -0.385. The lowest BCUT2D eigenvalue weighted by molar-refractivity contribution is 0.0413. The van der Waals surface area contributed by atoms with Gasteiger partial charge in [0.25, 0.3) is 0 Å². The molecule has 20 heavy (non-hydrogen) atoms. The first kappa shape index (κ1) is 14.8. The summed E-state index contributed by atoms with van der Waals surface area (Å²) >= 11 is 0. The highest BCUT2D eigenvalue weighted by Crippen LogP contribution is 2.20. The first-order chi connectivity index (χ1) is 9.69. The van der Waals surface area contributed by atoms with Crippen molar-refractivity contribution >= 4 is 6.09 Å². The molecule has 1 aliphatic rings. The van der Waals surface area contributed by atoms with Crippen molar-refractivity contribution in [3.63, 3.8) is 0 Å². The lowest BCUT2D eigenvalue weighted by Crippen LogP contribution is -2.48. The van der Waals surface area contributed by atoms with E-state index in [2.05, 4.69) is 5.32 Å². The van der Waals surface area contributed by atoms with Gasteiger partial charge in [0.1, 0.15) is 6.61 Å². The Labute approximate surface area is 119 Å². The maximum Gasteiger partial charge on any atom is 0.407 e. The second kappa shape index (κ2) is 7.26. The number of methoxy groups -OCH3 is 1. The van der Waals surface area contributed by atoms with Crippen LogP contribution in [0.2, 0.25) is 0 Å². The van der Waals surface area contributed by atoms with E-state index in [4.69, 9.17) is 15.2 Å². The Kier molecular flexibility index (Phi) is 5.38. The Balaban J connectivity index is 1.74. The predicted octanol–water partition coefficient (Wildman–Crippen LogP) is 1.81. The summed E-state index contributed by atoms with van der Waals surface area (Å²) in [4.78, 5) is 11.8. The second-order valence-electron chi connectivity index (χ2n) is 5.15. The van der Waals surface area contributed by atoms with Gasteiger partial charge in [0.15, 0.2) is 0 Å². The largest absolute Gasteiger partial charge is 0.445 e. The van der Waals surface area contributed by atoms with Crippen LogP contribution in [-0.2, 0) is 16.1 Å². The van der Waals surface area contributed by atoms with Gasteiger partial charge in [-0.05, 0) is 24.8 Å². The summed E-state index contributed by atoms with van der Waals surface area (Å²) < 4.78 is 10.5. The van der Waals surface area contributed by atoms with Gasteiger partial charge in [-0.25, -0.2) is 4.79 Å². The van der Waals surface area contributed by atoms with Gasteiger partial charge in [0, 0.05) is 19.2 Å². The molecule has 0 aromatic heterocycles. The molecule has 1 aromatic rings. The molecule has 0 heterocycles. The third-order valence-electron chi connectivity index (χ3n) is 3.68. The second-order valence-corrected chi connectivity index (χ2v) is 5.15. The van der Waals surface area contributed by atoms with E-state index in [1.807, 2.05) is 30.3 Å². The highest BCUT2D eigenvalue weighted by molar-refractivity contribution is 5.67. The minimum absolute atomic E-state index is 0.00294. The van der Waals surface area contributed by atoms with Crippen LogP contribution in [0.25, 0.3) is 0 Å². The van der Waals surface area contributed by atoms with Gasteiger partial charge in [0.2, 0.25) is 0 Å². The first-order valence-corrected chi connectivity index (χ1v) is 6.94. The quantitative estimate of drug-likeness (QED) is 0.881. The highest BCUT2D eigenvalue weighted by atomic mass is 16.5. The number of carbonyl (C=O) groups excluding carboxylic acids is 1. The lowest BCUT2D eigenvalue weighted by atomic mass is 9.89. The normalized spacial score (nSPS) is 26.0. The number of ether oxygens (including phenoxy) is 2. The number of nitrogens with two attached hydrogens (primary N) is 1. The number of rotatable bonds is 4. The first-order valence-electron chi connectivity index (χ1n) is 6.94. The van der Waals surface area contributed by atoms with Crippen molar-refractivity contribution in [3.05, 3.63) is 35.9 Å². The Bertz CT molecular complexity index is 424. The number of alkyl carbamates (subject to hydrolysis) is 1. The molecule has 0 saturated heterocycles. The van der Waals surface area contributed by atoms with Crippen LogP contribution in [0.4, 0.5) is 4.79 Å². The van der Waals surface area contributed by atoms with E-state index in [0.717, 1.165) is 24.8 Å². The maximum absolute atomic E-state index is 11.8. The molecule has 2 rings (SSSR count). The lowest BCUT2D eigenvalue weighted by Gasteiger charge is -2.33. The van der Waals surface area contributed by atoms with Gasteiger partial charge >= 0.3 is 6.09 Å². The van der Waals surface area contributed by atoms with Gasteiger partial charge < -0.3 is 20.5 Å². The predicted molar refractivity (Wildman–Crippen MR) is 76.2 cm³/mol. The molecular weight excluding hydrogens is 256 g/mol. The van der Waals surface area contributed by atoms with Gasteiger partial charge in [-0.2, -0.15) is 0 Å². The Morgan fingerprint density at radius 1 is 1.35 bits per heavy atom. The molecule has 3 atom stereocenters. The van der Waals surface area contributed by atoms with E-state index in [0.29, 0.717) is 0 Å². The number of hydrogen-bond acceptors (Lipinski definition) is 4. The number of nitrogens with one attached hydrogen (secondary N) is 1. The van der Waals surface area contributed by atoms with E-state index in [9.17, 15) is 4.79 Å². The van der Waals surface area contributed by atoms with Crippen LogP contribution in [0.1, 0.15) is 24.8 Å². The zero-order valence-electron chi connectivity index (χ0n) is 11.7. The molecular formula is C15H22N2O3. The third kappa shape index (κ3) is 4.21. The monoisotopic (exact) mass is 278 g/mol. The van der Waals surface area contributed by atoms with Crippen molar-refractivity contribution in [2.45, 2.75) is 44.1 Å². The van der Waals surface area contributed by atoms with Gasteiger partial charge in [0.05, 0.1) is 6.10 Å². The fourth-order valence-corrected chi connectivity index (χ4v) is 2.49. The van der Waals surface area contributed by atoms with E-state index in [1.165, 1.54) is 0 Å². The van der Waals surface area contributed by atoms with Crippen molar-refractivity contribution in [3.8, 4) is 0 Å². The minimum Gasteiger partial charge on any atom is -0.445 e. The zero-order valence-corrected chi connectivity index (χ0v) is 11.7. The number of amides is 1. The summed E-state index contributed by atoms with van der Waals surface area (Å²) in [6.07, 6.45) is 2.06. The average molecular weight is 278 g/mol. The van der Waals surface area contributed by atoms with E-state index in [-0.39, 0.29) is 30.9 Å². The van der Waals surface area contributed by atoms with E-state index >= 15 is 0 Å².